The van der Waals surface area contributed by atoms with E-state index in [4.69, 9.17) is 16.6 Å². The van der Waals surface area contributed by atoms with Crippen LogP contribution in [-0.2, 0) is 4.79 Å². The van der Waals surface area contributed by atoms with Gasteiger partial charge in [0.25, 0.3) is 0 Å². The Balaban J connectivity index is 1.69. The van der Waals surface area contributed by atoms with E-state index in [9.17, 15) is 4.79 Å². The Bertz CT molecular complexity index is 638. The van der Waals surface area contributed by atoms with E-state index < -0.39 is 0 Å². The standard InChI is InChI=1S/C16H18ClN3O/c17-8-7-16(21)20-11-9-19(10-12-20)15-6-5-13-3-1-2-4-14(13)18-15/h1-6H,7-12H2. The van der Waals surface area contributed by atoms with Crippen LogP contribution in [0.2, 0.25) is 0 Å². The van der Waals surface area contributed by atoms with Gasteiger partial charge in [0.15, 0.2) is 0 Å². The van der Waals surface area contributed by atoms with Gasteiger partial charge in [0.2, 0.25) is 5.91 Å². The number of hydrogen-bond donors (Lipinski definition) is 0. The SMILES string of the molecule is O=C(CCCl)N1CCN(c2ccc3ccccc3n2)CC1. The summed E-state index contributed by atoms with van der Waals surface area (Å²) in [4.78, 5) is 20.7. The van der Waals surface area contributed by atoms with Crippen molar-refractivity contribution in [1.29, 1.82) is 0 Å². The van der Waals surface area contributed by atoms with Crippen molar-refractivity contribution in [2.45, 2.75) is 6.42 Å². The topological polar surface area (TPSA) is 36.4 Å². The van der Waals surface area contributed by atoms with Gasteiger partial charge >= 0.3 is 0 Å². The molecule has 1 aromatic heterocycles. The number of halogens is 1. The quantitative estimate of drug-likeness (QED) is 0.818. The average molecular weight is 304 g/mol. The molecule has 2 heterocycles. The number of para-hydroxylation sites is 1. The molecule has 1 aliphatic heterocycles. The van der Waals surface area contributed by atoms with Crippen LogP contribution in [0.5, 0.6) is 0 Å². The molecule has 3 rings (SSSR count). The highest BCUT2D eigenvalue weighted by atomic mass is 35.5. The average Bonchev–Trinajstić information content (AvgIpc) is 2.55. The van der Waals surface area contributed by atoms with Crippen LogP contribution in [0, 0.1) is 0 Å². The third-order valence-corrected chi connectivity index (χ3v) is 4.04. The summed E-state index contributed by atoms with van der Waals surface area (Å²) < 4.78 is 0. The lowest BCUT2D eigenvalue weighted by atomic mass is 10.2. The molecule has 0 bridgehead atoms. The largest absolute Gasteiger partial charge is 0.353 e. The van der Waals surface area contributed by atoms with Gasteiger partial charge in [-0.05, 0) is 18.2 Å². The molecule has 1 saturated heterocycles. The number of fused-ring (bicyclic) bond motifs is 1. The summed E-state index contributed by atoms with van der Waals surface area (Å²) in [6.07, 6.45) is 0.426. The van der Waals surface area contributed by atoms with Crippen molar-refractivity contribution >= 4 is 34.2 Å². The summed E-state index contributed by atoms with van der Waals surface area (Å²) in [5.74, 6) is 1.53. The molecular formula is C16H18ClN3O. The maximum absolute atomic E-state index is 11.8. The highest BCUT2D eigenvalue weighted by Gasteiger charge is 2.21. The van der Waals surface area contributed by atoms with Crippen molar-refractivity contribution in [3.63, 3.8) is 0 Å². The van der Waals surface area contributed by atoms with Crippen LogP contribution in [0.25, 0.3) is 10.9 Å². The van der Waals surface area contributed by atoms with Crippen molar-refractivity contribution in [2.75, 3.05) is 37.0 Å². The second-order valence-corrected chi connectivity index (χ2v) is 5.55. The van der Waals surface area contributed by atoms with Crippen molar-refractivity contribution in [2.24, 2.45) is 0 Å². The van der Waals surface area contributed by atoms with Crippen molar-refractivity contribution < 1.29 is 4.79 Å². The first-order chi connectivity index (χ1) is 10.3. The second kappa shape index (κ2) is 6.31. The summed E-state index contributed by atoms with van der Waals surface area (Å²) >= 11 is 5.63. The van der Waals surface area contributed by atoms with Gasteiger partial charge in [-0.1, -0.05) is 18.2 Å². The van der Waals surface area contributed by atoms with Gasteiger partial charge in [-0.15, -0.1) is 11.6 Å². The molecule has 0 N–H and O–H groups in total. The molecule has 21 heavy (non-hydrogen) atoms. The first-order valence-electron chi connectivity index (χ1n) is 7.22. The summed E-state index contributed by atoms with van der Waals surface area (Å²) in [7, 11) is 0. The lowest BCUT2D eigenvalue weighted by molar-refractivity contribution is -0.131. The van der Waals surface area contributed by atoms with Crippen LogP contribution in [0.15, 0.2) is 36.4 Å². The van der Waals surface area contributed by atoms with Gasteiger partial charge in [0, 0.05) is 43.9 Å². The van der Waals surface area contributed by atoms with Crippen LogP contribution >= 0.6 is 11.6 Å². The Morgan fingerprint density at radius 3 is 2.62 bits per heavy atom. The number of aromatic nitrogens is 1. The van der Waals surface area contributed by atoms with E-state index in [0.717, 1.165) is 42.9 Å². The van der Waals surface area contributed by atoms with E-state index in [2.05, 4.69) is 23.1 Å². The van der Waals surface area contributed by atoms with E-state index >= 15 is 0 Å². The van der Waals surface area contributed by atoms with Crippen molar-refractivity contribution in [3.8, 4) is 0 Å². The van der Waals surface area contributed by atoms with Gasteiger partial charge in [-0.25, -0.2) is 4.98 Å². The minimum atomic E-state index is 0.149. The van der Waals surface area contributed by atoms with Gasteiger partial charge in [-0.3, -0.25) is 4.79 Å². The molecule has 0 aliphatic carbocycles. The Hall–Kier alpha value is -1.81. The number of piperazine rings is 1. The van der Waals surface area contributed by atoms with Crippen molar-refractivity contribution in [3.05, 3.63) is 36.4 Å². The maximum atomic E-state index is 11.8. The Labute approximate surface area is 129 Å². The zero-order valence-electron chi connectivity index (χ0n) is 11.8. The number of carbonyl (C=O) groups is 1. The minimum Gasteiger partial charge on any atom is -0.353 e. The molecule has 1 aliphatic rings. The monoisotopic (exact) mass is 303 g/mol. The molecule has 110 valence electrons. The molecule has 1 amide bonds. The molecule has 4 nitrogen and oxygen atoms in total. The van der Waals surface area contributed by atoms with Crippen LogP contribution in [0.4, 0.5) is 5.82 Å². The van der Waals surface area contributed by atoms with Crippen LogP contribution < -0.4 is 4.90 Å². The predicted octanol–water partition coefficient (Wildman–Crippen LogP) is 2.51. The number of alkyl halides is 1. The maximum Gasteiger partial charge on any atom is 0.223 e. The number of nitrogens with zero attached hydrogens (tertiary/aromatic N) is 3. The third-order valence-electron chi connectivity index (χ3n) is 3.85. The number of benzene rings is 1. The molecule has 0 radical (unpaired) electrons. The number of pyridine rings is 1. The fraction of sp³-hybridized carbons (Fsp3) is 0.375. The molecule has 0 atom stereocenters. The number of amides is 1. The summed E-state index contributed by atoms with van der Waals surface area (Å²) in [5, 5.41) is 1.15. The smallest absolute Gasteiger partial charge is 0.223 e. The molecular weight excluding hydrogens is 286 g/mol. The Morgan fingerprint density at radius 2 is 1.86 bits per heavy atom. The fourth-order valence-corrected chi connectivity index (χ4v) is 2.82. The van der Waals surface area contributed by atoms with E-state index in [1.807, 2.05) is 23.1 Å². The highest BCUT2D eigenvalue weighted by Crippen LogP contribution is 2.19. The third kappa shape index (κ3) is 3.10. The number of anilines is 1. The normalized spacial score (nSPS) is 15.5. The molecule has 0 unspecified atom stereocenters. The zero-order chi connectivity index (χ0) is 14.7. The summed E-state index contributed by atoms with van der Waals surface area (Å²) in [6, 6.07) is 12.3. The molecule has 0 saturated carbocycles. The van der Waals surface area contributed by atoms with Gasteiger partial charge < -0.3 is 9.80 Å². The number of hydrogen-bond acceptors (Lipinski definition) is 3. The number of carbonyl (C=O) groups excluding carboxylic acids is 1. The molecule has 2 aromatic rings. The van der Waals surface area contributed by atoms with Crippen LogP contribution in [0.1, 0.15) is 6.42 Å². The van der Waals surface area contributed by atoms with E-state index in [1.54, 1.807) is 0 Å². The van der Waals surface area contributed by atoms with Gasteiger partial charge in [-0.2, -0.15) is 0 Å². The lowest BCUT2D eigenvalue weighted by Crippen LogP contribution is -2.49. The highest BCUT2D eigenvalue weighted by molar-refractivity contribution is 6.18. The molecule has 0 spiro atoms. The van der Waals surface area contributed by atoms with E-state index in [0.29, 0.717) is 12.3 Å². The van der Waals surface area contributed by atoms with Crippen LogP contribution in [0.3, 0.4) is 0 Å². The first kappa shape index (κ1) is 14.1. The van der Waals surface area contributed by atoms with Gasteiger partial charge in [0.05, 0.1) is 5.52 Å². The molecule has 1 aromatic carbocycles. The van der Waals surface area contributed by atoms with E-state index in [1.165, 1.54) is 0 Å². The van der Waals surface area contributed by atoms with Crippen LogP contribution in [-0.4, -0.2) is 47.9 Å². The molecule has 1 fully saturated rings. The molecule has 5 heteroatoms. The Morgan fingerprint density at radius 1 is 1.10 bits per heavy atom. The zero-order valence-corrected chi connectivity index (χ0v) is 12.6. The summed E-state index contributed by atoms with van der Waals surface area (Å²) in [6.45, 7) is 3.12. The van der Waals surface area contributed by atoms with Gasteiger partial charge in [0.1, 0.15) is 5.82 Å². The minimum absolute atomic E-state index is 0.149. The Kier molecular flexibility index (Phi) is 4.25. The summed E-state index contributed by atoms with van der Waals surface area (Å²) in [5.41, 5.74) is 1.01. The second-order valence-electron chi connectivity index (χ2n) is 5.17. The lowest BCUT2D eigenvalue weighted by Gasteiger charge is -2.35. The first-order valence-corrected chi connectivity index (χ1v) is 7.76. The fourth-order valence-electron chi connectivity index (χ4n) is 2.66. The van der Waals surface area contributed by atoms with Crippen molar-refractivity contribution in [1.82, 2.24) is 9.88 Å². The predicted molar refractivity (Wildman–Crippen MR) is 85.9 cm³/mol. The number of rotatable bonds is 3. The van der Waals surface area contributed by atoms with E-state index in [-0.39, 0.29) is 5.91 Å².